The molecule has 0 radical (unpaired) electrons. The van der Waals surface area contributed by atoms with Gasteiger partial charge in [0.05, 0.1) is 22.8 Å². The minimum Gasteiger partial charge on any atom is -0.494 e. The van der Waals surface area contributed by atoms with Crippen molar-refractivity contribution in [3.8, 4) is 5.75 Å². The number of non-ortho nitro benzene ring substituents is 1. The fourth-order valence-electron chi connectivity index (χ4n) is 2.58. The van der Waals surface area contributed by atoms with Crippen molar-refractivity contribution in [2.45, 2.75) is 18.6 Å². The number of fused-ring (bicyclic) bond motifs is 1. The van der Waals surface area contributed by atoms with Crippen molar-refractivity contribution < 1.29 is 14.5 Å². The summed E-state index contributed by atoms with van der Waals surface area (Å²) in [6.45, 7) is 0. The Hall–Kier alpha value is -2.65. The summed E-state index contributed by atoms with van der Waals surface area (Å²) in [6, 6.07) is 13.0. The van der Waals surface area contributed by atoms with Crippen LogP contribution < -0.4 is 10.1 Å². The maximum absolute atomic E-state index is 12.2. The Kier molecular flexibility index (Phi) is 6.83. The number of carbonyl (C=O) groups excluding carboxylic acids is 1. The van der Waals surface area contributed by atoms with Crippen molar-refractivity contribution in [1.82, 2.24) is 4.98 Å². The fraction of sp³-hybridized carbons (Fsp3) is 0.263. The summed E-state index contributed by atoms with van der Waals surface area (Å²) in [4.78, 5) is 27.0. The predicted molar refractivity (Wildman–Crippen MR) is 113 cm³/mol. The van der Waals surface area contributed by atoms with Crippen molar-refractivity contribution >= 4 is 50.0 Å². The minimum absolute atomic E-state index is 0.0682. The van der Waals surface area contributed by atoms with Crippen LogP contribution in [0, 0.1) is 10.1 Å². The molecule has 0 saturated carbocycles. The van der Waals surface area contributed by atoms with Gasteiger partial charge in [0.25, 0.3) is 5.69 Å². The van der Waals surface area contributed by atoms with Gasteiger partial charge in [-0.2, -0.15) is 11.8 Å². The quantitative estimate of drug-likeness (QED) is 0.303. The smallest absolute Gasteiger partial charge is 0.274 e. The van der Waals surface area contributed by atoms with Crippen molar-refractivity contribution in [3.63, 3.8) is 0 Å². The van der Waals surface area contributed by atoms with Crippen molar-refractivity contribution in [2.75, 3.05) is 18.2 Å². The standard InChI is InChI=1S/C19H19N3O4S2/c1-26-15-10-14(22(24)25)11-16-18(15)21-19(28-16)20-17(23)8-5-9-27-12-13-6-3-2-4-7-13/h2-4,6-7,10-11H,5,8-9,12H2,1H3,(H,20,21,23). The average molecular weight is 418 g/mol. The van der Waals surface area contributed by atoms with E-state index < -0.39 is 4.92 Å². The molecular weight excluding hydrogens is 398 g/mol. The van der Waals surface area contributed by atoms with Gasteiger partial charge in [-0.15, -0.1) is 0 Å². The zero-order valence-electron chi connectivity index (χ0n) is 15.2. The number of hydrogen-bond acceptors (Lipinski definition) is 7. The molecule has 1 N–H and O–H groups in total. The molecule has 0 spiro atoms. The number of rotatable bonds is 9. The van der Waals surface area contributed by atoms with Gasteiger partial charge in [-0.25, -0.2) is 4.98 Å². The molecule has 7 nitrogen and oxygen atoms in total. The molecule has 9 heteroatoms. The molecule has 1 aromatic heterocycles. The van der Waals surface area contributed by atoms with Crippen LogP contribution in [0.15, 0.2) is 42.5 Å². The monoisotopic (exact) mass is 417 g/mol. The third kappa shape index (κ3) is 5.20. The second-order valence-corrected chi connectivity index (χ2v) is 8.10. The number of aromatic nitrogens is 1. The maximum Gasteiger partial charge on any atom is 0.274 e. The van der Waals surface area contributed by atoms with E-state index in [-0.39, 0.29) is 11.6 Å². The Morgan fingerprint density at radius 1 is 1.32 bits per heavy atom. The van der Waals surface area contributed by atoms with Crippen LogP contribution in [0.2, 0.25) is 0 Å². The molecule has 3 aromatic rings. The molecule has 28 heavy (non-hydrogen) atoms. The van der Waals surface area contributed by atoms with Crippen LogP contribution in [-0.4, -0.2) is 28.7 Å². The Labute approximate surface area is 170 Å². The van der Waals surface area contributed by atoms with Crippen LogP contribution >= 0.6 is 23.1 Å². The SMILES string of the molecule is COc1cc([N+](=O)[O-])cc2sc(NC(=O)CCCSCc3ccccc3)nc12. The molecule has 0 aliphatic rings. The van der Waals surface area contributed by atoms with Gasteiger partial charge in [0.15, 0.2) is 10.9 Å². The summed E-state index contributed by atoms with van der Waals surface area (Å²) >= 11 is 2.99. The number of hydrogen-bond donors (Lipinski definition) is 1. The van der Waals surface area contributed by atoms with Crippen molar-refractivity contribution in [3.05, 3.63) is 58.1 Å². The molecule has 0 saturated heterocycles. The zero-order chi connectivity index (χ0) is 19.9. The second-order valence-electron chi connectivity index (χ2n) is 5.96. The van der Waals surface area contributed by atoms with Crippen molar-refractivity contribution in [1.29, 1.82) is 0 Å². The molecule has 0 aliphatic carbocycles. The topological polar surface area (TPSA) is 94.4 Å². The number of nitrogens with zero attached hydrogens (tertiary/aromatic N) is 2. The van der Waals surface area contributed by atoms with Crippen LogP contribution in [0.25, 0.3) is 10.2 Å². The molecule has 1 heterocycles. The number of thiazole rings is 1. The molecule has 0 unspecified atom stereocenters. The number of nitrogens with one attached hydrogen (secondary N) is 1. The number of thioether (sulfide) groups is 1. The average Bonchev–Trinajstić information content (AvgIpc) is 3.09. The number of anilines is 1. The number of nitro benzene ring substituents is 1. The normalized spacial score (nSPS) is 10.8. The highest BCUT2D eigenvalue weighted by atomic mass is 32.2. The van der Waals surface area contributed by atoms with Gasteiger partial charge in [-0.3, -0.25) is 14.9 Å². The molecule has 2 aromatic carbocycles. The molecule has 3 rings (SSSR count). The Morgan fingerprint density at radius 3 is 2.82 bits per heavy atom. The van der Waals surface area contributed by atoms with Crippen LogP contribution in [0.4, 0.5) is 10.8 Å². The summed E-state index contributed by atoms with van der Waals surface area (Å²) in [5, 5.41) is 14.2. The Bertz CT molecular complexity index is 976. The molecule has 0 aliphatic heterocycles. The van der Waals surface area contributed by atoms with Gasteiger partial charge < -0.3 is 10.1 Å². The number of ether oxygens (including phenoxy) is 1. The highest BCUT2D eigenvalue weighted by Crippen LogP contribution is 2.36. The second kappa shape index (κ2) is 9.52. The van der Waals surface area contributed by atoms with Gasteiger partial charge in [0.2, 0.25) is 5.91 Å². The van der Waals surface area contributed by atoms with Gasteiger partial charge in [-0.05, 0) is 17.7 Å². The van der Waals surface area contributed by atoms with Crippen molar-refractivity contribution in [2.24, 2.45) is 0 Å². The lowest BCUT2D eigenvalue weighted by atomic mass is 10.2. The molecule has 0 fully saturated rings. The van der Waals surface area contributed by atoms with E-state index in [1.165, 1.54) is 36.1 Å². The molecule has 0 bridgehead atoms. The van der Waals surface area contributed by atoms with Crippen LogP contribution in [0.1, 0.15) is 18.4 Å². The van der Waals surface area contributed by atoms with E-state index in [1.807, 2.05) is 18.2 Å². The predicted octanol–water partition coefficient (Wildman–Crippen LogP) is 4.87. The van der Waals surface area contributed by atoms with Gasteiger partial charge in [0.1, 0.15) is 5.52 Å². The van der Waals surface area contributed by atoms with Gasteiger partial charge >= 0.3 is 0 Å². The van der Waals surface area contributed by atoms with E-state index in [0.29, 0.717) is 27.5 Å². The van der Waals surface area contributed by atoms with Gasteiger partial charge in [0, 0.05) is 18.2 Å². The molecule has 146 valence electrons. The van der Waals surface area contributed by atoms with Crippen LogP contribution in [0.5, 0.6) is 5.75 Å². The van der Waals surface area contributed by atoms with E-state index in [9.17, 15) is 14.9 Å². The highest BCUT2D eigenvalue weighted by molar-refractivity contribution is 7.98. The summed E-state index contributed by atoms with van der Waals surface area (Å²) in [5.41, 5.74) is 1.71. The van der Waals surface area contributed by atoms with E-state index in [1.54, 1.807) is 11.8 Å². The first-order valence-electron chi connectivity index (χ1n) is 8.61. The minimum atomic E-state index is -0.479. The first-order chi connectivity index (χ1) is 13.6. The lowest BCUT2D eigenvalue weighted by Gasteiger charge is -2.03. The number of methoxy groups -OCH3 is 1. The lowest BCUT2D eigenvalue weighted by Crippen LogP contribution is -2.11. The number of amides is 1. The summed E-state index contributed by atoms with van der Waals surface area (Å²) < 4.78 is 5.79. The van der Waals surface area contributed by atoms with Gasteiger partial charge in [-0.1, -0.05) is 41.7 Å². The zero-order valence-corrected chi connectivity index (χ0v) is 16.8. The van der Waals surface area contributed by atoms with Crippen LogP contribution in [0.3, 0.4) is 0 Å². The number of carbonyl (C=O) groups is 1. The number of nitro groups is 1. The van der Waals surface area contributed by atoms with E-state index in [2.05, 4.69) is 22.4 Å². The summed E-state index contributed by atoms with van der Waals surface area (Å²) in [5.74, 6) is 2.02. The fourth-order valence-corrected chi connectivity index (χ4v) is 4.43. The van der Waals surface area contributed by atoms with E-state index >= 15 is 0 Å². The first kappa shape index (κ1) is 20.1. The largest absolute Gasteiger partial charge is 0.494 e. The molecule has 1 amide bonds. The Balaban J connectivity index is 1.52. The number of benzene rings is 2. The third-order valence-electron chi connectivity index (χ3n) is 3.93. The lowest BCUT2D eigenvalue weighted by molar-refractivity contribution is -0.384. The third-order valence-corrected chi connectivity index (χ3v) is 5.96. The van der Waals surface area contributed by atoms with E-state index in [4.69, 9.17) is 4.74 Å². The van der Waals surface area contributed by atoms with Crippen LogP contribution in [-0.2, 0) is 10.5 Å². The maximum atomic E-state index is 12.2. The summed E-state index contributed by atoms with van der Waals surface area (Å²) in [7, 11) is 1.43. The summed E-state index contributed by atoms with van der Waals surface area (Å²) in [6.07, 6.45) is 1.16. The molecule has 0 atom stereocenters. The molecular formula is C19H19N3O4S2. The van der Waals surface area contributed by atoms with E-state index in [0.717, 1.165) is 17.9 Å². The Morgan fingerprint density at radius 2 is 2.11 bits per heavy atom. The highest BCUT2D eigenvalue weighted by Gasteiger charge is 2.17. The first-order valence-corrected chi connectivity index (χ1v) is 10.6.